The van der Waals surface area contributed by atoms with Crippen LogP contribution in [-0.4, -0.2) is 16.1 Å². The van der Waals surface area contributed by atoms with E-state index in [0.29, 0.717) is 0 Å². The van der Waals surface area contributed by atoms with Crippen molar-refractivity contribution in [2.45, 2.75) is 20.3 Å². The SMILES string of the molecule is CCCNc1nc(C)cn1-c1ccc(F)c(Cl)c1. The fourth-order valence-electron chi connectivity index (χ4n) is 1.69. The van der Waals surface area contributed by atoms with Crippen molar-refractivity contribution in [2.24, 2.45) is 0 Å². The van der Waals surface area contributed by atoms with Crippen LogP contribution in [0.2, 0.25) is 5.02 Å². The van der Waals surface area contributed by atoms with Crippen LogP contribution in [0.3, 0.4) is 0 Å². The molecule has 1 aromatic heterocycles. The van der Waals surface area contributed by atoms with E-state index in [1.807, 2.05) is 17.7 Å². The smallest absolute Gasteiger partial charge is 0.207 e. The first kappa shape index (κ1) is 12.9. The molecule has 2 rings (SSSR count). The van der Waals surface area contributed by atoms with Gasteiger partial charge in [-0.2, -0.15) is 0 Å². The first-order chi connectivity index (χ1) is 8.61. The van der Waals surface area contributed by atoms with Gasteiger partial charge in [-0.25, -0.2) is 9.37 Å². The third-order valence-corrected chi connectivity index (χ3v) is 2.83. The van der Waals surface area contributed by atoms with Crippen LogP contribution in [0.1, 0.15) is 19.0 Å². The summed E-state index contributed by atoms with van der Waals surface area (Å²) in [6, 6.07) is 4.63. The molecule has 0 saturated carbocycles. The first-order valence-electron chi connectivity index (χ1n) is 5.87. The van der Waals surface area contributed by atoms with Crippen LogP contribution in [-0.2, 0) is 0 Å². The predicted molar refractivity (Wildman–Crippen MR) is 72.0 cm³/mol. The summed E-state index contributed by atoms with van der Waals surface area (Å²) in [5.41, 5.74) is 1.69. The molecular formula is C13H15ClFN3. The van der Waals surface area contributed by atoms with Gasteiger partial charge in [0.05, 0.1) is 16.4 Å². The van der Waals surface area contributed by atoms with Crippen LogP contribution in [0.25, 0.3) is 5.69 Å². The highest BCUT2D eigenvalue weighted by Crippen LogP contribution is 2.22. The second kappa shape index (κ2) is 5.40. The fraction of sp³-hybridized carbons (Fsp3) is 0.308. The van der Waals surface area contributed by atoms with E-state index in [4.69, 9.17) is 11.6 Å². The molecule has 0 aliphatic heterocycles. The van der Waals surface area contributed by atoms with Gasteiger partial charge in [-0.1, -0.05) is 18.5 Å². The molecule has 1 N–H and O–H groups in total. The Labute approximate surface area is 111 Å². The molecule has 96 valence electrons. The van der Waals surface area contributed by atoms with Crippen molar-refractivity contribution in [1.82, 2.24) is 9.55 Å². The highest BCUT2D eigenvalue weighted by Gasteiger charge is 2.08. The van der Waals surface area contributed by atoms with Gasteiger partial charge in [0, 0.05) is 12.7 Å². The van der Waals surface area contributed by atoms with E-state index in [0.717, 1.165) is 30.3 Å². The second-order valence-corrected chi connectivity index (χ2v) is 4.51. The summed E-state index contributed by atoms with van der Waals surface area (Å²) in [7, 11) is 0. The van der Waals surface area contributed by atoms with E-state index in [1.165, 1.54) is 6.07 Å². The lowest BCUT2D eigenvalue weighted by Gasteiger charge is -2.09. The zero-order valence-electron chi connectivity index (χ0n) is 10.4. The van der Waals surface area contributed by atoms with Gasteiger partial charge in [0.25, 0.3) is 0 Å². The fourth-order valence-corrected chi connectivity index (χ4v) is 1.87. The molecule has 0 spiro atoms. The van der Waals surface area contributed by atoms with Crippen LogP contribution in [0.15, 0.2) is 24.4 Å². The molecule has 0 aliphatic rings. The Bertz CT molecular complexity index is 551. The molecule has 5 heteroatoms. The maximum Gasteiger partial charge on any atom is 0.207 e. The Morgan fingerprint density at radius 1 is 1.44 bits per heavy atom. The van der Waals surface area contributed by atoms with Gasteiger partial charge in [-0.15, -0.1) is 0 Å². The molecule has 0 saturated heterocycles. The Morgan fingerprint density at radius 2 is 2.22 bits per heavy atom. The van der Waals surface area contributed by atoms with Crippen LogP contribution < -0.4 is 5.32 Å². The summed E-state index contributed by atoms with van der Waals surface area (Å²) < 4.78 is 15.0. The van der Waals surface area contributed by atoms with Crippen LogP contribution in [0.5, 0.6) is 0 Å². The molecule has 0 fully saturated rings. The first-order valence-corrected chi connectivity index (χ1v) is 6.25. The van der Waals surface area contributed by atoms with E-state index in [-0.39, 0.29) is 5.02 Å². The number of nitrogens with one attached hydrogen (secondary N) is 1. The van der Waals surface area contributed by atoms with Crippen molar-refractivity contribution < 1.29 is 4.39 Å². The lowest BCUT2D eigenvalue weighted by molar-refractivity contribution is 0.628. The van der Waals surface area contributed by atoms with Crippen molar-refractivity contribution in [1.29, 1.82) is 0 Å². The standard InChI is InChI=1S/C13H15ClFN3/c1-3-6-16-13-17-9(2)8-18(13)10-4-5-12(15)11(14)7-10/h4-5,7-8H,3,6H2,1-2H3,(H,16,17). The number of rotatable bonds is 4. The number of aromatic nitrogens is 2. The minimum absolute atomic E-state index is 0.111. The van der Waals surface area contributed by atoms with E-state index in [2.05, 4.69) is 17.2 Å². The number of benzene rings is 1. The summed E-state index contributed by atoms with van der Waals surface area (Å²) >= 11 is 5.80. The second-order valence-electron chi connectivity index (χ2n) is 4.10. The van der Waals surface area contributed by atoms with Crippen molar-refractivity contribution >= 4 is 17.5 Å². The number of nitrogens with zero attached hydrogens (tertiary/aromatic N) is 2. The maximum absolute atomic E-state index is 13.2. The van der Waals surface area contributed by atoms with Crippen molar-refractivity contribution in [3.63, 3.8) is 0 Å². The topological polar surface area (TPSA) is 29.9 Å². The van der Waals surface area contributed by atoms with Gasteiger partial charge in [0.2, 0.25) is 5.95 Å². The Balaban J connectivity index is 2.39. The monoisotopic (exact) mass is 267 g/mol. The van der Waals surface area contributed by atoms with E-state index < -0.39 is 5.82 Å². The molecule has 0 radical (unpaired) electrons. The average molecular weight is 268 g/mol. The van der Waals surface area contributed by atoms with E-state index in [9.17, 15) is 4.39 Å². The quantitative estimate of drug-likeness (QED) is 0.913. The molecule has 0 amide bonds. The van der Waals surface area contributed by atoms with Gasteiger partial charge in [0.15, 0.2) is 0 Å². The number of anilines is 1. The number of halogens is 2. The summed E-state index contributed by atoms with van der Waals surface area (Å²) in [6.45, 7) is 4.84. The van der Waals surface area contributed by atoms with E-state index >= 15 is 0 Å². The van der Waals surface area contributed by atoms with Gasteiger partial charge in [-0.3, -0.25) is 4.57 Å². The number of aryl methyl sites for hydroxylation is 1. The molecule has 1 aromatic carbocycles. The normalized spacial score (nSPS) is 10.7. The molecule has 0 atom stereocenters. The molecule has 1 heterocycles. The lowest BCUT2D eigenvalue weighted by Crippen LogP contribution is -2.06. The van der Waals surface area contributed by atoms with Crippen molar-refractivity contribution in [3.8, 4) is 5.69 Å². The minimum atomic E-state index is -0.416. The van der Waals surface area contributed by atoms with Crippen LogP contribution >= 0.6 is 11.6 Å². The summed E-state index contributed by atoms with van der Waals surface area (Å²) in [6.07, 6.45) is 2.90. The zero-order valence-corrected chi connectivity index (χ0v) is 11.1. The Kier molecular flexibility index (Phi) is 3.87. The van der Waals surface area contributed by atoms with Gasteiger partial charge < -0.3 is 5.32 Å². The van der Waals surface area contributed by atoms with Crippen molar-refractivity contribution in [2.75, 3.05) is 11.9 Å². The molecule has 18 heavy (non-hydrogen) atoms. The van der Waals surface area contributed by atoms with Crippen molar-refractivity contribution in [3.05, 3.63) is 40.9 Å². The third-order valence-electron chi connectivity index (χ3n) is 2.54. The van der Waals surface area contributed by atoms with E-state index in [1.54, 1.807) is 12.1 Å². The Hall–Kier alpha value is -1.55. The number of hydrogen-bond donors (Lipinski definition) is 1. The number of hydrogen-bond acceptors (Lipinski definition) is 2. The average Bonchev–Trinajstić information content (AvgIpc) is 2.71. The van der Waals surface area contributed by atoms with Gasteiger partial charge in [0.1, 0.15) is 5.82 Å². The predicted octanol–water partition coefficient (Wildman–Crippen LogP) is 3.80. The maximum atomic E-state index is 13.2. The summed E-state index contributed by atoms with van der Waals surface area (Å²) in [5.74, 6) is 0.331. The zero-order chi connectivity index (χ0) is 13.1. The highest BCUT2D eigenvalue weighted by atomic mass is 35.5. The number of imidazole rings is 1. The van der Waals surface area contributed by atoms with Crippen LogP contribution in [0.4, 0.5) is 10.3 Å². The minimum Gasteiger partial charge on any atom is -0.355 e. The summed E-state index contributed by atoms with van der Waals surface area (Å²) in [5, 5.41) is 3.34. The van der Waals surface area contributed by atoms with Crippen LogP contribution in [0, 0.1) is 12.7 Å². The summed E-state index contributed by atoms with van der Waals surface area (Å²) in [4.78, 5) is 4.39. The lowest BCUT2D eigenvalue weighted by atomic mass is 10.3. The molecule has 0 bridgehead atoms. The Morgan fingerprint density at radius 3 is 2.89 bits per heavy atom. The molecule has 0 unspecified atom stereocenters. The molecular weight excluding hydrogens is 253 g/mol. The largest absolute Gasteiger partial charge is 0.355 e. The molecule has 3 nitrogen and oxygen atoms in total. The molecule has 0 aliphatic carbocycles. The molecule has 2 aromatic rings. The van der Waals surface area contributed by atoms with Gasteiger partial charge >= 0.3 is 0 Å². The third kappa shape index (κ3) is 2.64. The highest BCUT2D eigenvalue weighted by molar-refractivity contribution is 6.30. The van der Waals surface area contributed by atoms with Gasteiger partial charge in [-0.05, 0) is 31.5 Å².